The first-order chi connectivity index (χ1) is 6.66. The predicted octanol–water partition coefficient (Wildman–Crippen LogP) is 1.19. The van der Waals surface area contributed by atoms with Gasteiger partial charge in [-0.1, -0.05) is 0 Å². The van der Waals surface area contributed by atoms with Crippen LogP contribution in [0.3, 0.4) is 0 Å². The second-order valence-corrected chi connectivity index (χ2v) is 3.92. The van der Waals surface area contributed by atoms with Crippen LogP contribution in [0.25, 0.3) is 0 Å². The molecule has 0 aliphatic rings. The molecule has 2 aromatic heterocycles. The number of nitrogens with two attached hydrogens (primary N) is 1. The maximum absolute atomic E-state index is 5.73. The van der Waals surface area contributed by atoms with Crippen molar-refractivity contribution in [1.82, 2.24) is 19.5 Å². The number of nitrogens with one attached hydrogen (secondary N) is 1. The molecule has 2 rings (SSSR count). The van der Waals surface area contributed by atoms with Crippen LogP contribution < -0.4 is 5.73 Å². The zero-order valence-electron chi connectivity index (χ0n) is 7.98. The SMILES string of the molecule is Cc1nc(Sc2nccn2C)c(N)[nH]1. The Morgan fingerprint density at radius 3 is 2.86 bits per heavy atom. The van der Waals surface area contributed by atoms with Crippen LogP contribution in [0.5, 0.6) is 0 Å². The molecule has 0 bridgehead atoms. The Kier molecular flexibility index (Phi) is 2.20. The number of hydrogen-bond acceptors (Lipinski definition) is 4. The molecule has 0 saturated heterocycles. The van der Waals surface area contributed by atoms with E-state index in [1.165, 1.54) is 11.8 Å². The smallest absolute Gasteiger partial charge is 0.174 e. The summed E-state index contributed by atoms with van der Waals surface area (Å²) in [5, 5.41) is 1.65. The molecule has 2 heterocycles. The molecule has 2 aromatic rings. The van der Waals surface area contributed by atoms with E-state index in [1.807, 2.05) is 24.7 Å². The molecule has 0 atom stereocenters. The van der Waals surface area contributed by atoms with Crippen LogP contribution in [-0.4, -0.2) is 19.5 Å². The Labute approximate surface area is 85.7 Å². The normalized spacial score (nSPS) is 10.7. The standard InChI is InChI=1S/C8H11N5S/c1-5-11-6(9)7(12-5)14-8-10-3-4-13(8)2/h3-4H,9H2,1-2H3,(H,11,12). The van der Waals surface area contributed by atoms with Gasteiger partial charge in [0.1, 0.15) is 16.7 Å². The number of hydrogen-bond donors (Lipinski definition) is 2. The third-order valence-electron chi connectivity index (χ3n) is 1.78. The Balaban J connectivity index is 2.27. The first kappa shape index (κ1) is 9.14. The average Bonchev–Trinajstić information content (AvgIpc) is 2.62. The minimum Gasteiger partial charge on any atom is -0.383 e. The number of imidazole rings is 2. The minimum absolute atomic E-state index is 0.593. The number of aryl methyl sites for hydroxylation is 2. The van der Waals surface area contributed by atoms with E-state index in [0.29, 0.717) is 5.82 Å². The van der Waals surface area contributed by atoms with E-state index in [0.717, 1.165) is 16.0 Å². The van der Waals surface area contributed by atoms with E-state index >= 15 is 0 Å². The molecule has 5 nitrogen and oxygen atoms in total. The van der Waals surface area contributed by atoms with Gasteiger partial charge in [-0.25, -0.2) is 9.97 Å². The molecule has 0 radical (unpaired) electrons. The van der Waals surface area contributed by atoms with Gasteiger partial charge >= 0.3 is 0 Å². The van der Waals surface area contributed by atoms with Crippen molar-refractivity contribution in [2.75, 3.05) is 5.73 Å². The fraction of sp³-hybridized carbons (Fsp3) is 0.250. The predicted molar refractivity (Wildman–Crippen MR) is 55.1 cm³/mol. The number of nitrogens with zero attached hydrogens (tertiary/aromatic N) is 3. The van der Waals surface area contributed by atoms with Crippen LogP contribution in [0.1, 0.15) is 5.82 Å². The zero-order valence-corrected chi connectivity index (χ0v) is 8.80. The fourth-order valence-electron chi connectivity index (χ4n) is 1.10. The summed E-state index contributed by atoms with van der Waals surface area (Å²) in [6.45, 7) is 1.87. The summed E-state index contributed by atoms with van der Waals surface area (Å²) in [6, 6.07) is 0. The van der Waals surface area contributed by atoms with E-state index in [4.69, 9.17) is 5.73 Å². The summed E-state index contributed by atoms with van der Waals surface area (Å²) < 4.78 is 1.92. The quantitative estimate of drug-likeness (QED) is 0.779. The van der Waals surface area contributed by atoms with E-state index < -0.39 is 0 Å². The van der Waals surface area contributed by atoms with Gasteiger partial charge in [0.2, 0.25) is 0 Å². The van der Waals surface area contributed by atoms with E-state index in [1.54, 1.807) is 6.20 Å². The topological polar surface area (TPSA) is 72.5 Å². The summed E-state index contributed by atoms with van der Waals surface area (Å²) in [5.41, 5.74) is 5.73. The van der Waals surface area contributed by atoms with Crippen molar-refractivity contribution in [3.8, 4) is 0 Å². The van der Waals surface area contributed by atoms with Crippen molar-refractivity contribution >= 4 is 17.6 Å². The molecule has 0 aliphatic heterocycles. The van der Waals surface area contributed by atoms with Crippen LogP contribution in [0.4, 0.5) is 5.82 Å². The van der Waals surface area contributed by atoms with Crippen molar-refractivity contribution < 1.29 is 0 Å². The zero-order chi connectivity index (χ0) is 10.1. The Morgan fingerprint density at radius 1 is 1.57 bits per heavy atom. The maximum Gasteiger partial charge on any atom is 0.174 e. The van der Waals surface area contributed by atoms with Crippen molar-refractivity contribution in [2.45, 2.75) is 17.1 Å². The minimum atomic E-state index is 0.593. The summed E-state index contributed by atoms with van der Waals surface area (Å²) in [6.07, 6.45) is 3.63. The first-order valence-electron chi connectivity index (χ1n) is 4.14. The maximum atomic E-state index is 5.73. The lowest BCUT2D eigenvalue weighted by molar-refractivity contribution is 0.789. The molecule has 0 unspecified atom stereocenters. The number of aromatic nitrogens is 4. The molecule has 0 saturated carbocycles. The molecule has 3 N–H and O–H groups in total. The van der Waals surface area contributed by atoms with Crippen LogP contribution in [-0.2, 0) is 7.05 Å². The van der Waals surface area contributed by atoms with Crippen LogP contribution in [0.15, 0.2) is 22.6 Å². The molecular weight excluding hydrogens is 198 g/mol. The van der Waals surface area contributed by atoms with E-state index in [9.17, 15) is 0 Å². The lowest BCUT2D eigenvalue weighted by atomic mass is 10.8. The third-order valence-corrected chi connectivity index (χ3v) is 2.86. The van der Waals surface area contributed by atoms with Gasteiger partial charge < -0.3 is 15.3 Å². The highest BCUT2D eigenvalue weighted by atomic mass is 32.2. The lowest BCUT2D eigenvalue weighted by Crippen LogP contribution is -1.91. The summed E-state index contributed by atoms with van der Waals surface area (Å²) >= 11 is 1.45. The molecule has 6 heteroatoms. The molecule has 0 aromatic carbocycles. The number of anilines is 1. The van der Waals surface area contributed by atoms with Gasteiger partial charge in [0.15, 0.2) is 5.16 Å². The van der Waals surface area contributed by atoms with Gasteiger partial charge in [-0.15, -0.1) is 0 Å². The summed E-state index contributed by atoms with van der Waals surface area (Å²) in [5.74, 6) is 1.41. The summed E-state index contributed by atoms with van der Waals surface area (Å²) in [7, 11) is 1.94. The van der Waals surface area contributed by atoms with E-state index in [-0.39, 0.29) is 0 Å². The molecule has 0 fully saturated rings. The number of H-pyrrole nitrogens is 1. The van der Waals surface area contributed by atoms with Crippen molar-refractivity contribution in [1.29, 1.82) is 0 Å². The molecule has 0 amide bonds. The Morgan fingerprint density at radius 2 is 2.36 bits per heavy atom. The van der Waals surface area contributed by atoms with Crippen molar-refractivity contribution in [3.63, 3.8) is 0 Å². The molecule has 74 valence electrons. The fourth-order valence-corrected chi connectivity index (χ4v) is 1.94. The van der Waals surface area contributed by atoms with Crippen LogP contribution in [0, 0.1) is 6.92 Å². The van der Waals surface area contributed by atoms with Crippen molar-refractivity contribution in [3.05, 3.63) is 18.2 Å². The monoisotopic (exact) mass is 209 g/mol. The largest absolute Gasteiger partial charge is 0.383 e. The van der Waals surface area contributed by atoms with Gasteiger partial charge in [-0.05, 0) is 18.7 Å². The Bertz CT molecular complexity index is 444. The molecule has 0 spiro atoms. The molecule has 0 aliphatic carbocycles. The highest BCUT2D eigenvalue weighted by Crippen LogP contribution is 2.28. The van der Waals surface area contributed by atoms with E-state index in [2.05, 4.69) is 15.0 Å². The van der Waals surface area contributed by atoms with Gasteiger partial charge in [0.25, 0.3) is 0 Å². The van der Waals surface area contributed by atoms with Crippen molar-refractivity contribution in [2.24, 2.45) is 7.05 Å². The third kappa shape index (κ3) is 1.60. The van der Waals surface area contributed by atoms with Gasteiger partial charge in [-0.3, -0.25) is 0 Å². The first-order valence-corrected chi connectivity index (χ1v) is 4.95. The Hall–Kier alpha value is -1.43. The number of rotatable bonds is 2. The molecular formula is C8H11N5S. The number of nitrogen functional groups attached to an aromatic ring is 1. The molecule has 14 heavy (non-hydrogen) atoms. The highest BCUT2D eigenvalue weighted by molar-refractivity contribution is 7.99. The number of aromatic amines is 1. The van der Waals surface area contributed by atoms with Gasteiger partial charge in [-0.2, -0.15) is 0 Å². The second-order valence-electron chi connectivity index (χ2n) is 2.96. The summed E-state index contributed by atoms with van der Waals surface area (Å²) in [4.78, 5) is 11.4. The van der Waals surface area contributed by atoms with Crippen LogP contribution >= 0.6 is 11.8 Å². The van der Waals surface area contributed by atoms with Gasteiger partial charge in [0.05, 0.1) is 0 Å². The average molecular weight is 209 g/mol. The van der Waals surface area contributed by atoms with Gasteiger partial charge in [0, 0.05) is 19.4 Å². The second kappa shape index (κ2) is 3.38. The highest BCUT2D eigenvalue weighted by Gasteiger charge is 2.09. The lowest BCUT2D eigenvalue weighted by Gasteiger charge is -1.98. The van der Waals surface area contributed by atoms with Crippen LogP contribution in [0.2, 0.25) is 0 Å².